The quantitative estimate of drug-likeness (QED) is 0.810. The van der Waals surface area contributed by atoms with Crippen molar-refractivity contribution in [3.8, 4) is 11.5 Å². The van der Waals surface area contributed by atoms with Gasteiger partial charge < -0.3 is 14.6 Å². The molecule has 0 aliphatic carbocycles. The lowest BCUT2D eigenvalue weighted by atomic mass is 10.1. The van der Waals surface area contributed by atoms with Gasteiger partial charge in [0, 0.05) is 18.1 Å². The fourth-order valence-electron chi connectivity index (χ4n) is 1.57. The Morgan fingerprint density at radius 3 is 2.53 bits per heavy atom. The SMILES string of the molecule is COc1ccc([C@H](C)O)c(OCCCC(F)(F)F)c1. The Morgan fingerprint density at radius 1 is 1.32 bits per heavy atom. The van der Waals surface area contributed by atoms with Crippen molar-refractivity contribution in [1.82, 2.24) is 0 Å². The Hall–Kier alpha value is -1.43. The summed E-state index contributed by atoms with van der Waals surface area (Å²) in [4.78, 5) is 0. The molecule has 1 aromatic rings. The summed E-state index contributed by atoms with van der Waals surface area (Å²) in [6, 6.07) is 4.84. The van der Waals surface area contributed by atoms with Crippen molar-refractivity contribution >= 4 is 0 Å². The van der Waals surface area contributed by atoms with Crippen LogP contribution in [0.4, 0.5) is 13.2 Å². The molecule has 0 aliphatic heterocycles. The number of ether oxygens (including phenoxy) is 2. The van der Waals surface area contributed by atoms with Crippen molar-refractivity contribution in [2.24, 2.45) is 0 Å². The fourth-order valence-corrected chi connectivity index (χ4v) is 1.57. The highest BCUT2D eigenvalue weighted by Gasteiger charge is 2.26. The van der Waals surface area contributed by atoms with Crippen molar-refractivity contribution in [3.63, 3.8) is 0 Å². The zero-order valence-electron chi connectivity index (χ0n) is 10.8. The molecule has 0 bridgehead atoms. The van der Waals surface area contributed by atoms with Crippen LogP contribution in [0, 0.1) is 0 Å². The molecule has 0 aliphatic rings. The van der Waals surface area contributed by atoms with E-state index in [2.05, 4.69) is 0 Å². The second-order valence-corrected chi connectivity index (χ2v) is 4.15. The molecule has 0 radical (unpaired) electrons. The highest BCUT2D eigenvalue weighted by atomic mass is 19.4. The van der Waals surface area contributed by atoms with Gasteiger partial charge in [0.15, 0.2) is 0 Å². The molecule has 0 amide bonds. The van der Waals surface area contributed by atoms with Crippen molar-refractivity contribution in [3.05, 3.63) is 23.8 Å². The van der Waals surface area contributed by atoms with E-state index in [-0.39, 0.29) is 13.0 Å². The molecule has 1 rings (SSSR count). The van der Waals surface area contributed by atoms with Gasteiger partial charge in [-0.15, -0.1) is 0 Å². The number of rotatable bonds is 6. The minimum atomic E-state index is -4.18. The standard InChI is InChI=1S/C13H17F3O3/c1-9(17)11-5-4-10(18-2)8-12(11)19-7-3-6-13(14,15)16/h4-5,8-9,17H,3,6-7H2,1-2H3/t9-/m0/s1. The number of alkyl halides is 3. The van der Waals surface area contributed by atoms with Crippen molar-refractivity contribution in [2.45, 2.75) is 32.0 Å². The zero-order chi connectivity index (χ0) is 14.5. The van der Waals surface area contributed by atoms with E-state index in [0.717, 1.165) is 0 Å². The van der Waals surface area contributed by atoms with E-state index in [9.17, 15) is 18.3 Å². The monoisotopic (exact) mass is 278 g/mol. The average molecular weight is 278 g/mol. The largest absolute Gasteiger partial charge is 0.497 e. The number of aliphatic hydroxyl groups excluding tert-OH is 1. The summed E-state index contributed by atoms with van der Waals surface area (Å²) in [5.41, 5.74) is 0.521. The van der Waals surface area contributed by atoms with Gasteiger partial charge >= 0.3 is 6.18 Å². The van der Waals surface area contributed by atoms with E-state index in [0.29, 0.717) is 17.1 Å². The molecule has 0 saturated heterocycles. The third-order valence-electron chi connectivity index (χ3n) is 2.53. The second-order valence-electron chi connectivity index (χ2n) is 4.15. The number of hydrogen-bond donors (Lipinski definition) is 1. The third-order valence-corrected chi connectivity index (χ3v) is 2.53. The number of benzene rings is 1. The van der Waals surface area contributed by atoms with E-state index in [1.54, 1.807) is 25.1 Å². The number of methoxy groups -OCH3 is 1. The first-order valence-electron chi connectivity index (χ1n) is 5.89. The normalized spacial score (nSPS) is 13.2. The molecule has 0 unspecified atom stereocenters. The van der Waals surface area contributed by atoms with Crippen LogP contribution >= 0.6 is 0 Å². The highest BCUT2D eigenvalue weighted by Crippen LogP contribution is 2.30. The predicted molar refractivity (Wildman–Crippen MR) is 64.4 cm³/mol. The molecule has 0 saturated carbocycles. The zero-order valence-corrected chi connectivity index (χ0v) is 10.8. The van der Waals surface area contributed by atoms with Gasteiger partial charge in [0.25, 0.3) is 0 Å². The Balaban J connectivity index is 2.65. The van der Waals surface area contributed by atoms with Gasteiger partial charge in [0.05, 0.1) is 19.8 Å². The molecule has 0 heterocycles. The van der Waals surface area contributed by atoms with Crippen LogP contribution in [0.5, 0.6) is 11.5 Å². The van der Waals surface area contributed by atoms with Crippen LogP contribution in [0.2, 0.25) is 0 Å². The minimum absolute atomic E-state index is 0.0631. The van der Waals surface area contributed by atoms with Gasteiger partial charge in [-0.2, -0.15) is 13.2 Å². The number of aliphatic hydroxyl groups is 1. The molecule has 3 nitrogen and oxygen atoms in total. The van der Waals surface area contributed by atoms with Crippen molar-refractivity contribution in [2.75, 3.05) is 13.7 Å². The van der Waals surface area contributed by atoms with E-state index in [1.165, 1.54) is 7.11 Å². The maximum atomic E-state index is 12.0. The molecule has 1 atom stereocenters. The molecule has 108 valence electrons. The average Bonchev–Trinajstić information content (AvgIpc) is 2.33. The number of hydrogen-bond acceptors (Lipinski definition) is 3. The van der Waals surface area contributed by atoms with Crippen molar-refractivity contribution < 1.29 is 27.8 Å². The molecule has 6 heteroatoms. The van der Waals surface area contributed by atoms with Gasteiger partial charge in [0.2, 0.25) is 0 Å². The third kappa shape index (κ3) is 5.38. The van der Waals surface area contributed by atoms with E-state index >= 15 is 0 Å². The molecule has 0 spiro atoms. The molecule has 1 N–H and O–H groups in total. The maximum Gasteiger partial charge on any atom is 0.389 e. The summed E-state index contributed by atoms with van der Waals surface area (Å²) < 4.78 is 46.3. The Labute approximate surface area is 110 Å². The Kier molecular flexibility index (Phi) is 5.47. The summed E-state index contributed by atoms with van der Waals surface area (Å²) in [5.74, 6) is 0.867. The summed E-state index contributed by atoms with van der Waals surface area (Å²) in [6.45, 7) is 1.50. The maximum absolute atomic E-state index is 12.0. The molecule has 0 fully saturated rings. The Bertz CT molecular complexity index is 403. The lowest BCUT2D eigenvalue weighted by Crippen LogP contribution is -2.10. The summed E-state index contributed by atoms with van der Waals surface area (Å²) in [7, 11) is 1.48. The lowest BCUT2D eigenvalue weighted by molar-refractivity contribution is -0.136. The first-order valence-corrected chi connectivity index (χ1v) is 5.89. The van der Waals surface area contributed by atoms with Gasteiger partial charge in [-0.1, -0.05) is 0 Å². The van der Waals surface area contributed by atoms with Crippen LogP contribution in [-0.2, 0) is 0 Å². The van der Waals surface area contributed by atoms with Crippen LogP contribution in [0.25, 0.3) is 0 Å². The molecule has 19 heavy (non-hydrogen) atoms. The topological polar surface area (TPSA) is 38.7 Å². The smallest absolute Gasteiger partial charge is 0.389 e. The van der Waals surface area contributed by atoms with Crippen LogP contribution in [0.3, 0.4) is 0 Å². The summed E-state index contributed by atoms with van der Waals surface area (Å²) in [5, 5.41) is 9.55. The second kappa shape index (κ2) is 6.65. The van der Waals surface area contributed by atoms with Crippen LogP contribution in [0.15, 0.2) is 18.2 Å². The van der Waals surface area contributed by atoms with Crippen LogP contribution in [-0.4, -0.2) is 25.0 Å². The van der Waals surface area contributed by atoms with Crippen molar-refractivity contribution in [1.29, 1.82) is 0 Å². The van der Waals surface area contributed by atoms with Gasteiger partial charge in [-0.05, 0) is 25.5 Å². The van der Waals surface area contributed by atoms with Gasteiger partial charge in [-0.3, -0.25) is 0 Å². The van der Waals surface area contributed by atoms with Gasteiger partial charge in [0.1, 0.15) is 11.5 Å². The Morgan fingerprint density at radius 2 is 2.00 bits per heavy atom. The van der Waals surface area contributed by atoms with E-state index < -0.39 is 18.7 Å². The van der Waals surface area contributed by atoms with E-state index in [4.69, 9.17) is 9.47 Å². The molecular formula is C13H17F3O3. The summed E-state index contributed by atoms with van der Waals surface area (Å²) >= 11 is 0. The van der Waals surface area contributed by atoms with Crippen LogP contribution < -0.4 is 9.47 Å². The highest BCUT2D eigenvalue weighted by molar-refractivity contribution is 5.41. The van der Waals surface area contributed by atoms with Crippen LogP contribution in [0.1, 0.15) is 31.4 Å². The summed E-state index contributed by atoms with van der Waals surface area (Å²) in [6.07, 6.45) is -5.95. The number of halogens is 3. The molecular weight excluding hydrogens is 261 g/mol. The predicted octanol–water partition coefficient (Wildman–Crippen LogP) is 3.47. The van der Waals surface area contributed by atoms with E-state index in [1.807, 2.05) is 0 Å². The van der Waals surface area contributed by atoms with Gasteiger partial charge in [-0.25, -0.2) is 0 Å². The first kappa shape index (κ1) is 15.6. The first-order chi connectivity index (χ1) is 8.83. The molecule has 0 aromatic heterocycles. The molecule has 1 aromatic carbocycles. The fraction of sp³-hybridized carbons (Fsp3) is 0.538. The lowest BCUT2D eigenvalue weighted by Gasteiger charge is -2.15. The minimum Gasteiger partial charge on any atom is -0.497 e.